The molecule has 0 radical (unpaired) electrons. The summed E-state index contributed by atoms with van der Waals surface area (Å²) in [6, 6.07) is 1.70. The van der Waals surface area contributed by atoms with E-state index in [1.807, 2.05) is 0 Å². The van der Waals surface area contributed by atoms with Gasteiger partial charge in [-0.3, -0.25) is 0 Å². The second kappa shape index (κ2) is 6.42. The third kappa shape index (κ3) is 3.35. The van der Waals surface area contributed by atoms with Crippen molar-refractivity contribution in [3.63, 3.8) is 0 Å². The van der Waals surface area contributed by atoms with Gasteiger partial charge in [-0.2, -0.15) is 13.2 Å². The number of nitrogens with one attached hydrogen (secondary N) is 1. The fourth-order valence-electron chi connectivity index (χ4n) is 2.38. The Balaban J connectivity index is 2.07. The van der Waals surface area contributed by atoms with Crippen LogP contribution >= 0.6 is 39.7 Å². The molecule has 2 unspecified atom stereocenters. The molecular weight excluding hydrogens is 443 g/mol. The Bertz CT molecular complexity index is 936. The zero-order valence-electron chi connectivity index (χ0n) is 12.5. The maximum absolute atomic E-state index is 13.1. The normalized spacial score (nSPS) is 19.8. The molecule has 5 nitrogen and oxygen atoms in total. The van der Waals surface area contributed by atoms with Gasteiger partial charge in [0.05, 0.1) is 22.0 Å². The lowest BCUT2D eigenvalue weighted by molar-refractivity contribution is -0.0566. The van der Waals surface area contributed by atoms with E-state index in [0.717, 1.165) is 9.86 Å². The minimum absolute atomic E-state index is 0.0944. The van der Waals surface area contributed by atoms with E-state index in [1.54, 1.807) is 19.2 Å². The van der Waals surface area contributed by atoms with E-state index in [1.165, 1.54) is 0 Å². The largest absolute Gasteiger partial charge is 0.434 e. The summed E-state index contributed by atoms with van der Waals surface area (Å²) in [7, 11) is 0. The smallest absolute Gasteiger partial charge is 0.358 e. The van der Waals surface area contributed by atoms with Gasteiger partial charge in [0, 0.05) is 16.1 Å². The first-order valence-corrected chi connectivity index (χ1v) is 8.54. The van der Waals surface area contributed by atoms with Crippen LogP contribution in [0.2, 0.25) is 5.15 Å². The van der Waals surface area contributed by atoms with E-state index < -0.39 is 28.8 Å². The zero-order chi connectivity index (χ0) is 18.5. The number of halogens is 5. The highest BCUT2D eigenvalue weighted by Gasteiger charge is 2.42. The first kappa shape index (κ1) is 18.4. The number of pyridine rings is 1. The highest BCUT2D eigenvalue weighted by Crippen LogP contribution is 2.32. The minimum Gasteiger partial charge on any atom is -0.358 e. The SMILES string of the molecule is CC(C1=NC(N)C(=S)C(C(F)(F)F)=N1)c1cc2c(Br)c[nH]c2c(Cl)n1. The number of rotatable bonds is 2. The predicted octanol–water partition coefficient (Wildman–Crippen LogP) is 4.15. The Morgan fingerprint density at radius 2 is 2.12 bits per heavy atom. The van der Waals surface area contributed by atoms with Crippen molar-refractivity contribution in [2.24, 2.45) is 15.7 Å². The van der Waals surface area contributed by atoms with Crippen molar-refractivity contribution in [1.82, 2.24) is 9.97 Å². The number of aliphatic imine (C=N–C) groups is 2. The number of nitrogens with zero attached hydrogens (tertiary/aromatic N) is 3. The van der Waals surface area contributed by atoms with Gasteiger partial charge in [0.1, 0.15) is 12.0 Å². The number of nitrogens with two attached hydrogens (primary N) is 1. The van der Waals surface area contributed by atoms with Crippen molar-refractivity contribution < 1.29 is 13.2 Å². The fourth-order valence-corrected chi connectivity index (χ4v) is 3.27. The van der Waals surface area contributed by atoms with Gasteiger partial charge in [-0.1, -0.05) is 23.8 Å². The van der Waals surface area contributed by atoms with Gasteiger partial charge in [0.25, 0.3) is 0 Å². The molecule has 25 heavy (non-hydrogen) atoms. The van der Waals surface area contributed by atoms with E-state index >= 15 is 0 Å². The van der Waals surface area contributed by atoms with Gasteiger partial charge in [-0.05, 0) is 28.9 Å². The van der Waals surface area contributed by atoms with Crippen LogP contribution in [0, 0.1) is 0 Å². The third-order valence-electron chi connectivity index (χ3n) is 3.69. The summed E-state index contributed by atoms with van der Waals surface area (Å²) in [6.07, 6.45) is -4.28. The Labute approximate surface area is 158 Å². The van der Waals surface area contributed by atoms with Gasteiger partial charge in [0.2, 0.25) is 0 Å². The highest BCUT2D eigenvalue weighted by atomic mass is 79.9. The maximum atomic E-state index is 13.1. The van der Waals surface area contributed by atoms with Gasteiger partial charge in [-0.15, -0.1) is 0 Å². The molecule has 0 bridgehead atoms. The van der Waals surface area contributed by atoms with Crippen molar-refractivity contribution in [3.05, 3.63) is 27.6 Å². The van der Waals surface area contributed by atoms with E-state index in [9.17, 15) is 13.2 Å². The topological polar surface area (TPSA) is 79.4 Å². The number of aromatic nitrogens is 2. The van der Waals surface area contributed by atoms with Crippen LogP contribution in [-0.2, 0) is 0 Å². The molecular formula is C14H10BrClF3N5S. The van der Waals surface area contributed by atoms with Crippen molar-refractivity contribution >= 4 is 67.1 Å². The average Bonchev–Trinajstić information content (AvgIpc) is 2.90. The molecule has 11 heteroatoms. The third-order valence-corrected chi connectivity index (χ3v) is 5.06. The van der Waals surface area contributed by atoms with Crippen LogP contribution in [0.1, 0.15) is 18.5 Å². The Morgan fingerprint density at radius 3 is 2.76 bits per heavy atom. The van der Waals surface area contributed by atoms with Crippen molar-refractivity contribution in [1.29, 1.82) is 0 Å². The van der Waals surface area contributed by atoms with Crippen LogP contribution in [0.15, 0.2) is 26.7 Å². The molecule has 0 aliphatic carbocycles. The van der Waals surface area contributed by atoms with Gasteiger partial charge in [-0.25, -0.2) is 15.0 Å². The van der Waals surface area contributed by atoms with E-state index in [4.69, 9.17) is 29.6 Å². The van der Waals surface area contributed by atoms with E-state index in [0.29, 0.717) is 11.2 Å². The lowest BCUT2D eigenvalue weighted by atomic mass is 10.0. The molecule has 0 fully saturated rings. The lowest BCUT2D eigenvalue weighted by Gasteiger charge is -2.22. The summed E-state index contributed by atoms with van der Waals surface area (Å²) < 4.78 is 40.1. The second-order valence-electron chi connectivity index (χ2n) is 5.37. The van der Waals surface area contributed by atoms with Gasteiger partial charge >= 0.3 is 6.18 Å². The fraction of sp³-hybridized carbons (Fsp3) is 0.286. The molecule has 2 aromatic rings. The lowest BCUT2D eigenvalue weighted by Crippen LogP contribution is -2.44. The Kier molecular flexibility index (Phi) is 4.73. The number of fused-ring (bicyclic) bond motifs is 1. The average molecular weight is 453 g/mol. The Morgan fingerprint density at radius 1 is 1.44 bits per heavy atom. The number of thiocarbonyl (C=S) groups is 1. The Hall–Kier alpha value is -1.36. The van der Waals surface area contributed by atoms with E-state index in [-0.39, 0.29) is 11.0 Å². The van der Waals surface area contributed by atoms with Crippen molar-refractivity contribution in [3.8, 4) is 0 Å². The van der Waals surface area contributed by atoms with Gasteiger partial charge < -0.3 is 10.7 Å². The maximum Gasteiger partial charge on any atom is 0.434 e. The summed E-state index contributed by atoms with van der Waals surface area (Å²) in [5.41, 5.74) is 5.47. The van der Waals surface area contributed by atoms with Gasteiger partial charge in [0.15, 0.2) is 10.9 Å². The molecule has 3 rings (SSSR count). The van der Waals surface area contributed by atoms with Crippen LogP contribution in [-0.4, -0.2) is 38.7 Å². The molecule has 1 aliphatic rings. The number of aromatic amines is 1. The second-order valence-corrected chi connectivity index (χ2v) is 7.03. The minimum atomic E-state index is -4.70. The summed E-state index contributed by atoms with van der Waals surface area (Å²) in [4.78, 5) is 14.2. The standard InChI is InChI=1S/C14H10BrClF3N5S/c1-4(7-2-5-6(15)3-21-8(5)11(16)22-7)13-23-10(14(17,18)19)9(25)12(20)24-13/h2-4,12,21H,20H2,1H3. The molecule has 1 aliphatic heterocycles. The molecule has 0 saturated heterocycles. The summed E-state index contributed by atoms with van der Waals surface area (Å²) >= 11 is 14.2. The summed E-state index contributed by atoms with van der Waals surface area (Å²) in [6.45, 7) is 1.63. The van der Waals surface area contributed by atoms with Crippen LogP contribution < -0.4 is 5.73 Å². The molecule has 2 atom stereocenters. The molecule has 3 heterocycles. The van der Waals surface area contributed by atoms with E-state index in [2.05, 4.69) is 35.9 Å². The van der Waals surface area contributed by atoms with Crippen LogP contribution in [0.4, 0.5) is 13.2 Å². The van der Waals surface area contributed by atoms with Crippen LogP contribution in [0.25, 0.3) is 10.9 Å². The molecule has 0 amide bonds. The molecule has 3 N–H and O–H groups in total. The van der Waals surface area contributed by atoms with Crippen molar-refractivity contribution in [2.45, 2.75) is 25.2 Å². The number of H-pyrrole nitrogens is 1. The van der Waals surface area contributed by atoms with Crippen molar-refractivity contribution in [2.75, 3.05) is 0 Å². The molecule has 0 aromatic carbocycles. The van der Waals surface area contributed by atoms with Crippen LogP contribution in [0.5, 0.6) is 0 Å². The zero-order valence-corrected chi connectivity index (χ0v) is 15.7. The first-order valence-electron chi connectivity index (χ1n) is 6.96. The number of hydrogen-bond acceptors (Lipinski definition) is 5. The molecule has 2 aromatic heterocycles. The highest BCUT2D eigenvalue weighted by molar-refractivity contribution is 9.10. The first-order chi connectivity index (χ1) is 11.6. The summed E-state index contributed by atoms with van der Waals surface area (Å²) in [5.74, 6) is -0.752. The molecule has 0 spiro atoms. The number of hydrogen-bond donors (Lipinski definition) is 2. The number of amidine groups is 1. The van der Waals surface area contributed by atoms with Crippen LogP contribution in [0.3, 0.4) is 0 Å². The quantitative estimate of drug-likeness (QED) is 0.531. The monoisotopic (exact) mass is 451 g/mol. The summed E-state index contributed by atoms with van der Waals surface area (Å²) in [5, 5.41) is 0.944. The molecule has 0 saturated carbocycles. The molecule has 132 valence electrons. The number of alkyl halides is 3. The predicted molar refractivity (Wildman–Crippen MR) is 98.7 cm³/mol.